The minimum absolute atomic E-state index is 0.0422. The molecule has 13 heavy (non-hydrogen) atoms. The summed E-state index contributed by atoms with van der Waals surface area (Å²) in [5, 5.41) is 0. The van der Waals surface area contributed by atoms with Gasteiger partial charge < -0.3 is 0 Å². The van der Waals surface area contributed by atoms with Gasteiger partial charge >= 0.3 is 0 Å². The van der Waals surface area contributed by atoms with Crippen molar-refractivity contribution in [3.05, 3.63) is 24.0 Å². The highest BCUT2D eigenvalue weighted by atomic mass is 32.2. The summed E-state index contributed by atoms with van der Waals surface area (Å²) in [7, 11) is -2.14. The molecule has 1 rings (SSSR count). The van der Waals surface area contributed by atoms with Crippen molar-refractivity contribution >= 4 is 16.3 Å². The lowest BCUT2D eigenvalue weighted by Gasteiger charge is -2.00. The van der Waals surface area contributed by atoms with Crippen molar-refractivity contribution in [2.45, 2.75) is 4.90 Å². The minimum atomic E-state index is -3.45. The molecule has 0 spiro atoms. The maximum Gasteiger partial charge on any atom is 0.241 e. The number of pyridine rings is 1. The first-order valence-corrected chi connectivity index (χ1v) is 4.93. The van der Waals surface area contributed by atoms with Gasteiger partial charge in [0.05, 0.1) is 0 Å². The third-order valence-electron chi connectivity index (χ3n) is 1.46. The van der Waals surface area contributed by atoms with Crippen molar-refractivity contribution in [2.24, 2.45) is 0 Å². The summed E-state index contributed by atoms with van der Waals surface area (Å²) in [6.45, 7) is 0. The molecule has 0 saturated carbocycles. The molecule has 0 radical (unpaired) electrons. The summed E-state index contributed by atoms with van der Waals surface area (Å²) in [5.74, 6) is 0. The van der Waals surface area contributed by atoms with Crippen LogP contribution >= 0.6 is 0 Å². The second-order valence-electron chi connectivity index (χ2n) is 2.24. The van der Waals surface area contributed by atoms with Crippen LogP contribution < -0.4 is 4.72 Å². The lowest BCUT2D eigenvalue weighted by molar-refractivity contribution is 0.111. The molecule has 6 heteroatoms. The third-order valence-corrected chi connectivity index (χ3v) is 2.86. The van der Waals surface area contributed by atoms with Gasteiger partial charge in [-0.3, -0.25) is 9.78 Å². The quantitative estimate of drug-likeness (QED) is 0.686. The first-order valence-electron chi connectivity index (χ1n) is 3.45. The van der Waals surface area contributed by atoms with Gasteiger partial charge in [-0.25, -0.2) is 13.1 Å². The number of hydrogen-bond acceptors (Lipinski definition) is 4. The molecule has 0 aliphatic heterocycles. The van der Waals surface area contributed by atoms with E-state index in [2.05, 4.69) is 9.71 Å². The molecule has 5 nitrogen and oxygen atoms in total. The molecule has 1 aromatic heterocycles. The number of carbonyl (C=O) groups excluding carboxylic acids is 1. The Labute approximate surface area is 75.9 Å². The van der Waals surface area contributed by atoms with Gasteiger partial charge in [0, 0.05) is 6.20 Å². The van der Waals surface area contributed by atoms with Gasteiger partial charge in [-0.05, 0) is 19.2 Å². The Hall–Kier alpha value is -1.27. The second-order valence-corrected chi connectivity index (χ2v) is 4.13. The van der Waals surface area contributed by atoms with E-state index in [1.54, 1.807) is 0 Å². The topological polar surface area (TPSA) is 76.1 Å². The Morgan fingerprint density at radius 3 is 2.54 bits per heavy atom. The highest BCUT2D eigenvalue weighted by molar-refractivity contribution is 7.89. The van der Waals surface area contributed by atoms with Crippen LogP contribution in [0.3, 0.4) is 0 Å². The van der Waals surface area contributed by atoms with Crippen molar-refractivity contribution < 1.29 is 13.2 Å². The van der Waals surface area contributed by atoms with Crippen LogP contribution in [0.4, 0.5) is 0 Å². The van der Waals surface area contributed by atoms with E-state index in [-0.39, 0.29) is 10.6 Å². The van der Waals surface area contributed by atoms with E-state index >= 15 is 0 Å². The molecular formula is C7H8N2O3S. The van der Waals surface area contributed by atoms with Crippen LogP contribution in [-0.2, 0) is 10.0 Å². The number of aldehydes is 1. The van der Waals surface area contributed by atoms with Crippen LogP contribution in [0, 0.1) is 0 Å². The van der Waals surface area contributed by atoms with Gasteiger partial charge in [0.15, 0.2) is 6.29 Å². The molecule has 0 atom stereocenters. The fourth-order valence-electron chi connectivity index (χ4n) is 0.738. The first-order chi connectivity index (χ1) is 6.10. The molecule has 70 valence electrons. The van der Waals surface area contributed by atoms with Crippen LogP contribution in [0.5, 0.6) is 0 Å². The van der Waals surface area contributed by atoms with E-state index < -0.39 is 10.0 Å². The molecule has 0 saturated heterocycles. The van der Waals surface area contributed by atoms with Gasteiger partial charge in [-0.15, -0.1) is 0 Å². The molecule has 0 aliphatic carbocycles. The van der Waals surface area contributed by atoms with Crippen LogP contribution in [0.2, 0.25) is 0 Å². The number of aromatic nitrogens is 1. The Morgan fingerprint density at radius 2 is 2.15 bits per heavy atom. The lowest BCUT2D eigenvalue weighted by atomic mass is 10.4. The Balaban J connectivity index is 3.13. The lowest BCUT2D eigenvalue weighted by Crippen LogP contribution is -2.18. The van der Waals surface area contributed by atoms with E-state index in [9.17, 15) is 13.2 Å². The highest BCUT2D eigenvalue weighted by Crippen LogP contribution is 2.05. The van der Waals surface area contributed by atoms with Crippen molar-refractivity contribution in [3.8, 4) is 0 Å². The predicted molar refractivity (Wildman–Crippen MR) is 45.9 cm³/mol. The Bertz CT molecular complexity index is 396. The predicted octanol–water partition coefficient (Wildman–Crippen LogP) is -0.198. The summed E-state index contributed by atoms with van der Waals surface area (Å²) >= 11 is 0. The van der Waals surface area contributed by atoms with Gasteiger partial charge in [0.1, 0.15) is 10.6 Å². The summed E-state index contributed by atoms with van der Waals surface area (Å²) in [6, 6.07) is 2.67. The van der Waals surface area contributed by atoms with E-state index in [1.165, 1.54) is 19.2 Å². The van der Waals surface area contributed by atoms with Crippen molar-refractivity contribution in [1.29, 1.82) is 0 Å². The van der Waals surface area contributed by atoms with Crippen LogP contribution in [0.1, 0.15) is 10.5 Å². The zero-order valence-electron chi connectivity index (χ0n) is 6.89. The van der Waals surface area contributed by atoms with Crippen molar-refractivity contribution in [2.75, 3.05) is 7.05 Å². The molecule has 0 amide bonds. The Kier molecular flexibility index (Phi) is 2.74. The number of carbonyl (C=O) groups is 1. The monoisotopic (exact) mass is 200 g/mol. The highest BCUT2D eigenvalue weighted by Gasteiger charge is 2.10. The molecule has 0 aromatic carbocycles. The summed E-state index contributed by atoms with van der Waals surface area (Å²) in [6.07, 6.45) is 1.69. The van der Waals surface area contributed by atoms with Crippen LogP contribution in [0.15, 0.2) is 23.2 Å². The molecule has 1 heterocycles. The number of hydrogen-bond donors (Lipinski definition) is 1. The normalized spacial score (nSPS) is 11.2. The first kappa shape index (κ1) is 9.82. The maximum atomic E-state index is 11.2. The summed E-state index contributed by atoms with van der Waals surface area (Å²) in [5.41, 5.74) is 0.204. The molecule has 0 fully saturated rings. The maximum absolute atomic E-state index is 11.2. The second kappa shape index (κ2) is 3.63. The van der Waals surface area contributed by atoms with Gasteiger partial charge in [-0.2, -0.15) is 0 Å². The van der Waals surface area contributed by atoms with Crippen LogP contribution in [-0.4, -0.2) is 26.7 Å². The van der Waals surface area contributed by atoms with Crippen LogP contribution in [0.25, 0.3) is 0 Å². The number of rotatable bonds is 3. The summed E-state index contributed by atoms with van der Waals surface area (Å²) in [4.78, 5) is 13.9. The fraction of sp³-hybridized carbons (Fsp3) is 0.143. The molecule has 0 aliphatic rings. The van der Waals surface area contributed by atoms with Crippen molar-refractivity contribution in [1.82, 2.24) is 9.71 Å². The smallest absolute Gasteiger partial charge is 0.241 e. The molecular weight excluding hydrogens is 192 g/mol. The number of nitrogens with one attached hydrogen (secondary N) is 1. The van der Waals surface area contributed by atoms with Gasteiger partial charge in [-0.1, -0.05) is 0 Å². The van der Waals surface area contributed by atoms with E-state index in [0.717, 1.165) is 6.20 Å². The third kappa shape index (κ3) is 2.10. The molecule has 0 unspecified atom stereocenters. The van der Waals surface area contributed by atoms with E-state index in [1.807, 2.05) is 0 Å². The number of nitrogens with zero attached hydrogens (tertiary/aromatic N) is 1. The average Bonchev–Trinajstić information content (AvgIpc) is 2.18. The summed E-state index contributed by atoms with van der Waals surface area (Å²) < 4.78 is 24.5. The molecule has 1 N–H and O–H groups in total. The van der Waals surface area contributed by atoms with E-state index in [0.29, 0.717) is 6.29 Å². The Morgan fingerprint density at radius 1 is 1.46 bits per heavy atom. The van der Waals surface area contributed by atoms with E-state index in [4.69, 9.17) is 0 Å². The fourth-order valence-corrected chi connectivity index (χ4v) is 1.41. The standard InChI is InChI=1S/C7H8N2O3S/c1-8-13(11,12)7-3-2-6(5-10)9-4-7/h2-5,8H,1H3. The zero-order valence-corrected chi connectivity index (χ0v) is 7.71. The number of sulfonamides is 1. The molecule has 1 aromatic rings. The van der Waals surface area contributed by atoms with Gasteiger partial charge in [0.2, 0.25) is 10.0 Å². The van der Waals surface area contributed by atoms with Gasteiger partial charge in [0.25, 0.3) is 0 Å². The average molecular weight is 200 g/mol. The largest absolute Gasteiger partial charge is 0.296 e. The molecule has 0 bridgehead atoms. The SMILES string of the molecule is CNS(=O)(=O)c1ccc(C=O)nc1. The minimum Gasteiger partial charge on any atom is -0.296 e. The van der Waals surface area contributed by atoms with Crippen molar-refractivity contribution in [3.63, 3.8) is 0 Å². The zero-order chi connectivity index (χ0) is 9.90.